The lowest BCUT2D eigenvalue weighted by atomic mass is 9.75. The van der Waals surface area contributed by atoms with Crippen LogP contribution in [0.3, 0.4) is 0 Å². The number of halogens is 3. The second-order valence-electron chi connectivity index (χ2n) is 5.40. The molecule has 26 heavy (non-hydrogen) atoms. The van der Waals surface area contributed by atoms with Gasteiger partial charge in [-0.25, -0.2) is 0 Å². The lowest BCUT2D eigenvalue weighted by Gasteiger charge is -2.29. The van der Waals surface area contributed by atoms with Crippen molar-refractivity contribution >= 4 is 15.9 Å². The van der Waals surface area contributed by atoms with Gasteiger partial charge in [0.2, 0.25) is 0 Å². The molecular weight excluding hydrogens is 377 g/mol. The first-order valence-corrected chi connectivity index (χ1v) is 8.65. The molecule has 1 aromatic carbocycles. The topological polar surface area (TPSA) is 112 Å². The fourth-order valence-corrected chi connectivity index (χ4v) is 2.10. The summed E-state index contributed by atoms with van der Waals surface area (Å²) in [5.41, 5.74) is -5.98. The summed E-state index contributed by atoms with van der Waals surface area (Å²) < 4.78 is 57.5. The maximum Gasteiger partial charge on any atom is 0.522 e. The first-order valence-electron chi connectivity index (χ1n) is 7.21. The van der Waals surface area contributed by atoms with Crippen LogP contribution >= 0.6 is 0 Å². The highest BCUT2D eigenvalue weighted by Crippen LogP contribution is 2.33. The normalized spacial score (nSPS) is 20.8. The van der Waals surface area contributed by atoms with Crippen molar-refractivity contribution in [2.45, 2.75) is 18.0 Å². The molecule has 144 valence electrons. The Balaban J connectivity index is 0.000000359. The predicted octanol–water partition coefficient (Wildman–Crippen LogP) is 2.18. The molecule has 1 aromatic rings. The fourth-order valence-electron chi connectivity index (χ4n) is 2.10. The monoisotopic (exact) mass is 394 g/mol. The van der Waals surface area contributed by atoms with Crippen LogP contribution in [0.25, 0.3) is 0 Å². The van der Waals surface area contributed by atoms with Crippen LogP contribution in [-0.2, 0) is 14.9 Å². The SMILES string of the molecule is O=C(C(O)c1ccccc1)C1(CO)C=CC=CC1.O=S(=O)(O)C(F)(F)F. The van der Waals surface area contributed by atoms with Gasteiger partial charge in [0.25, 0.3) is 0 Å². The minimum Gasteiger partial charge on any atom is -0.395 e. The van der Waals surface area contributed by atoms with Gasteiger partial charge in [0, 0.05) is 0 Å². The molecule has 2 unspecified atom stereocenters. The number of allylic oxidation sites excluding steroid dienone is 3. The van der Waals surface area contributed by atoms with Gasteiger partial charge in [-0.2, -0.15) is 21.6 Å². The molecule has 0 spiro atoms. The van der Waals surface area contributed by atoms with Crippen molar-refractivity contribution < 1.29 is 41.1 Å². The standard InChI is InChI=1S/C15H16O3.CHF3O3S/c16-11-15(9-5-2-6-10-15)14(18)13(17)12-7-3-1-4-8-12;2-1(3,4)8(5,6)7/h1-9,13,16-17H,10-11H2;(H,5,6,7). The van der Waals surface area contributed by atoms with E-state index in [1.54, 1.807) is 36.4 Å². The second-order valence-corrected chi connectivity index (χ2v) is 6.82. The van der Waals surface area contributed by atoms with Gasteiger partial charge in [0.15, 0.2) is 5.78 Å². The molecule has 1 aliphatic carbocycles. The number of benzene rings is 1. The highest BCUT2D eigenvalue weighted by molar-refractivity contribution is 7.86. The summed E-state index contributed by atoms with van der Waals surface area (Å²) >= 11 is 0. The molecule has 0 amide bonds. The average Bonchev–Trinajstić information content (AvgIpc) is 2.60. The number of aliphatic hydroxyl groups is 2. The Kier molecular flexibility index (Phi) is 7.27. The first kappa shape index (κ1) is 22.0. The number of rotatable bonds is 4. The molecule has 0 radical (unpaired) electrons. The summed E-state index contributed by atoms with van der Waals surface area (Å²) in [7, 11) is -5.84. The number of hydrogen-bond acceptors (Lipinski definition) is 5. The summed E-state index contributed by atoms with van der Waals surface area (Å²) in [5.74, 6) is -0.364. The number of aliphatic hydroxyl groups excluding tert-OH is 2. The molecule has 2 rings (SSSR count). The van der Waals surface area contributed by atoms with Crippen molar-refractivity contribution in [3.63, 3.8) is 0 Å². The summed E-state index contributed by atoms with van der Waals surface area (Å²) in [4.78, 5) is 12.4. The van der Waals surface area contributed by atoms with Crippen LogP contribution in [0, 0.1) is 5.41 Å². The van der Waals surface area contributed by atoms with Gasteiger partial charge < -0.3 is 10.2 Å². The maximum absolute atomic E-state index is 12.4. The van der Waals surface area contributed by atoms with Gasteiger partial charge >= 0.3 is 15.6 Å². The quantitative estimate of drug-likeness (QED) is 0.533. The van der Waals surface area contributed by atoms with E-state index in [0.29, 0.717) is 12.0 Å². The van der Waals surface area contributed by atoms with Gasteiger partial charge in [-0.15, -0.1) is 0 Å². The molecular formula is C16H17F3O6S. The zero-order chi connectivity index (χ0) is 20.0. The minimum absolute atomic E-state index is 0.295. The smallest absolute Gasteiger partial charge is 0.395 e. The Morgan fingerprint density at radius 1 is 1.19 bits per heavy atom. The molecule has 0 saturated heterocycles. The number of alkyl halides is 3. The Hall–Kier alpha value is -2.01. The fraction of sp³-hybridized carbons (Fsp3) is 0.312. The van der Waals surface area contributed by atoms with E-state index in [2.05, 4.69) is 0 Å². The summed E-state index contributed by atoms with van der Waals surface area (Å²) in [5, 5.41) is 19.6. The molecule has 0 bridgehead atoms. The van der Waals surface area contributed by atoms with Gasteiger partial charge in [-0.3, -0.25) is 9.35 Å². The van der Waals surface area contributed by atoms with Gasteiger partial charge in [0.1, 0.15) is 6.10 Å². The van der Waals surface area contributed by atoms with E-state index in [9.17, 15) is 28.2 Å². The molecule has 0 fully saturated rings. The zero-order valence-corrected chi connectivity index (χ0v) is 14.1. The number of carbonyl (C=O) groups is 1. The lowest BCUT2D eigenvalue weighted by Crippen LogP contribution is -2.37. The van der Waals surface area contributed by atoms with Crippen LogP contribution in [0.1, 0.15) is 18.1 Å². The van der Waals surface area contributed by atoms with E-state index in [4.69, 9.17) is 13.0 Å². The Morgan fingerprint density at radius 2 is 1.73 bits per heavy atom. The molecule has 0 aliphatic heterocycles. The molecule has 2 atom stereocenters. The third-order valence-corrected chi connectivity index (χ3v) is 4.16. The van der Waals surface area contributed by atoms with Gasteiger partial charge in [-0.05, 0) is 12.0 Å². The molecule has 0 saturated carbocycles. The van der Waals surface area contributed by atoms with E-state index in [1.807, 2.05) is 18.2 Å². The third-order valence-electron chi connectivity index (χ3n) is 3.57. The number of Topliss-reactive ketones (excluding diaryl/α,β-unsaturated/α-hetero) is 1. The molecule has 10 heteroatoms. The van der Waals surface area contributed by atoms with Crippen molar-refractivity contribution in [3.8, 4) is 0 Å². The minimum atomic E-state index is -5.84. The van der Waals surface area contributed by atoms with Crippen LogP contribution in [0.5, 0.6) is 0 Å². The van der Waals surface area contributed by atoms with Crippen LogP contribution < -0.4 is 0 Å². The molecule has 1 aliphatic rings. The zero-order valence-electron chi connectivity index (χ0n) is 13.3. The van der Waals surface area contributed by atoms with E-state index in [0.717, 1.165) is 0 Å². The van der Waals surface area contributed by atoms with E-state index in [1.165, 1.54) is 0 Å². The average molecular weight is 394 g/mol. The summed E-state index contributed by atoms with van der Waals surface area (Å²) in [6, 6.07) is 8.78. The van der Waals surface area contributed by atoms with Crippen molar-refractivity contribution in [3.05, 3.63) is 60.2 Å². The Labute approximate surface area is 148 Å². The van der Waals surface area contributed by atoms with E-state index < -0.39 is 27.1 Å². The molecule has 0 heterocycles. The number of hydrogen-bond donors (Lipinski definition) is 3. The van der Waals surface area contributed by atoms with E-state index >= 15 is 0 Å². The lowest BCUT2D eigenvalue weighted by molar-refractivity contribution is -0.137. The summed E-state index contributed by atoms with van der Waals surface area (Å²) in [6.45, 7) is -0.295. The molecule has 3 N–H and O–H groups in total. The van der Waals surface area contributed by atoms with E-state index in [-0.39, 0.29) is 12.4 Å². The first-order chi connectivity index (χ1) is 11.9. The van der Waals surface area contributed by atoms with Crippen LogP contribution in [0.15, 0.2) is 54.6 Å². The summed E-state index contributed by atoms with van der Waals surface area (Å²) in [6.07, 6.45) is 6.27. The second kappa shape index (κ2) is 8.58. The van der Waals surface area contributed by atoms with Crippen LogP contribution in [0.4, 0.5) is 13.2 Å². The molecule has 0 aromatic heterocycles. The number of ketones is 1. The highest BCUT2D eigenvalue weighted by atomic mass is 32.2. The Morgan fingerprint density at radius 3 is 2.12 bits per heavy atom. The maximum atomic E-state index is 12.4. The molecule has 6 nitrogen and oxygen atoms in total. The van der Waals surface area contributed by atoms with Gasteiger partial charge in [-0.1, -0.05) is 54.6 Å². The van der Waals surface area contributed by atoms with Crippen molar-refractivity contribution in [2.24, 2.45) is 5.41 Å². The van der Waals surface area contributed by atoms with Crippen LogP contribution in [0.2, 0.25) is 0 Å². The van der Waals surface area contributed by atoms with Crippen molar-refractivity contribution in [1.29, 1.82) is 0 Å². The Bertz CT molecular complexity index is 771. The largest absolute Gasteiger partial charge is 0.522 e. The van der Waals surface area contributed by atoms with Crippen LogP contribution in [-0.4, -0.2) is 41.1 Å². The van der Waals surface area contributed by atoms with Crippen molar-refractivity contribution in [1.82, 2.24) is 0 Å². The number of carbonyl (C=O) groups excluding carboxylic acids is 1. The van der Waals surface area contributed by atoms with Gasteiger partial charge in [0.05, 0.1) is 12.0 Å². The predicted molar refractivity (Wildman–Crippen MR) is 86.4 cm³/mol. The van der Waals surface area contributed by atoms with Crippen molar-refractivity contribution in [2.75, 3.05) is 6.61 Å². The highest BCUT2D eigenvalue weighted by Gasteiger charge is 2.44. The third kappa shape index (κ3) is 5.49.